The summed E-state index contributed by atoms with van der Waals surface area (Å²) in [6.07, 6.45) is 2.58. The van der Waals surface area contributed by atoms with E-state index in [1.807, 2.05) is 6.92 Å². The third-order valence-electron chi connectivity index (χ3n) is 2.73. The molecule has 0 bridgehead atoms. The van der Waals surface area contributed by atoms with E-state index in [0.717, 1.165) is 17.8 Å². The second kappa shape index (κ2) is 5.54. The molecular formula is C13H16N2O3S. The summed E-state index contributed by atoms with van der Waals surface area (Å²) < 4.78 is 28.2. The molecule has 0 aliphatic carbocycles. The molecule has 2 rings (SSSR count). The van der Waals surface area contributed by atoms with E-state index >= 15 is 0 Å². The lowest BCUT2D eigenvalue weighted by Gasteiger charge is -2.03. The molecular weight excluding hydrogens is 264 g/mol. The fraction of sp³-hybridized carbons (Fsp3) is 0.308. The maximum atomic E-state index is 11.4. The highest BCUT2D eigenvalue weighted by Crippen LogP contribution is 2.24. The van der Waals surface area contributed by atoms with Crippen LogP contribution in [0.1, 0.15) is 12.6 Å². The number of aromatic nitrogens is 1. The number of nitrogens with one attached hydrogen (secondary N) is 1. The van der Waals surface area contributed by atoms with E-state index in [2.05, 4.69) is 10.3 Å². The summed E-state index contributed by atoms with van der Waals surface area (Å²) in [6.45, 7) is 3.48. The number of sulfone groups is 1. The van der Waals surface area contributed by atoms with Gasteiger partial charge in [0.25, 0.3) is 0 Å². The standard InChI is InChI=1S/C13H16N2O3S/c1-3-14-8-12-13(18-9-15-12)10-4-6-11(7-5-10)19(2,16)17/h4-7,9,14H,3,8H2,1-2H3. The molecule has 1 aromatic heterocycles. The van der Waals surface area contributed by atoms with Gasteiger partial charge in [0.15, 0.2) is 22.0 Å². The van der Waals surface area contributed by atoms with Crippen molar-refractivity contribution in [1.82, 2.24) is 10.3 Å². The lowest BCUT2D eigenvalue weighted by molar-refractivity contribution is 0.569. The van der Waals surface area contributed by atoms with Gasteiger partial charge in [0.1, 0.15) is 5.69 Å². The zero-order chi connectivity index (χ0) is 13.9. The zero-order valence-corrected chi connectivity index (χ0v) is 11.7. The third kappa shape index (κ3) is 3.21. The Hall–Kier alpha value is -1.66. The fourth-order valence-corrected chi connectivity index (χ4v) is 2.36. The van der Waals surface area contributed by atoms with Crippen LogP contribution in [0, 0.1) is 0 Å². The number of rotatable bonds is 5. The monoisotopic (exact) mass is 280 g/mol. The van der Waals surface area contributed by atoms with Crippen LogP contribution in [0.2, 0.25) is 0 Å². The van der Waals surface area contributed by atoms with Crippen LogP contribution in [0.3, 0.4) is 0 Å². The van der Waals surface area contributed by atoms with E-state index in [-0.39, 0.29) is 0 Å². The molecule has 0 spiro atoms. The van der Waals surface area contributed by atoms with Crippen molar-refractivity contribution in [1.29, 1.82) is 0 Å². The van der Waals surface area contributed by atoms with Crippen LogP contribution in [0.5, 0.6) is 0 Å². The number of nitrogens with zero attached hydrogens (tertiary/aromatic N) is 1. The number of oxazole rings is 1. The first-order chi connectivity index (χ1) is 9.02. The van der Waals surface area contributed by atoms with E-state index in [4.69, 9.17) is 4.42 Å². The Bertz CT molecular complexity index is 645. The zero-order valence-electron chi connectivity index (χ0n) is 10.9. The lowest BCUT2D eigenvalue weighted by atomic mass is 10.1. The molecule has 0 fully saturated rings. The van der Waals surface area contributed by atoms with E-state index in [0.29, 0.717) is 17.2 Å². The van der Waals surface area contributed by atoms with Gasteiger partial charge < -0.3 is 9.73 Å². The van der Waals surface area contributed by atoms with Gasteiger partial charge in [0.05, 0.1) is 4.90 Å². The Morgan fingerprint density at radius 1 is 1.26 bits per heavy atom. The predicted molar refractivity (Wildman–Crippen MR) is 72.4 cm³/mol. The molecule has 0 saturated carbocycles. The molecule has 0 aliphatic heterocycles. The summed E-state index contributed by atoms with van der Waals surface area (Å²) in [4.78, 5) is 4.45. The summed E-state index contributed by atoms with van der Waals surface area (Å²) in [5.74, 6) is 0.668. The second-order valence-corrected chi connectivity index (χ2v) is 6.22. The van der Waals surface area contributed by atoms with Crippen LogP contribution < -0.4 is 5.32 Å². The van der Waals surface area contributed by atoms with Gasteiger partial charge in [0, 0.05) is 18.4 Å². The highest BCUT2D eigenvalue weighted by atomic mass is 32.2. The van der Waals surface area contributed by atoms with Gasteiger partial charge in [-0.15, -0.1) is 0 Å². The number of hydrogen-bond donors (Lipinski definition) is 1. The molecule has 0 unspecified atom stereocenters. The molecule has 0 saturated heterocycles. The first-order valence-electron chi connectivity index (χ1n) is 5.96. The van der Waals surface area contributed by atoms with Crippen LogP contribution in [-0.2, 0) is 16.4 Å². The van der Waals surface area contributed by atoms with E-state index in [9.17, 15) is 8.42 Å². The van der Waals surface area contributed by atoms with E-state index < -0.39 is 9.84 Å². The minimum atomic E-state index is -3.17. The van der Waals surface area contributed by atoms with Gasteiger partial charge in [-0.05, 0) is 30.8 Å². The van der Waals surface area contributed by atoms with Crippen LogP contribution in [0.4, 0.5) is 0 Å². The number of hydrogen-bond acceptors (Lipinski definition) is 5. The molecule has 5 nitrogen and oxygen atoms in total. The maximum absolute atomic E-state index is 11.4. The summed E-state index contributed by atoms with van der Waals surface area (Å²) >= 11 is 0. The molecule has 1 N–H and O–H groups in total. The van der Waals surface area contributed by atoms with Gasteiger partial charge in [-0.2, -0.15) is 0 Å². The van der Waals surface area contributed by atoms with Crippen LogP contribution in [-0.4, -0.2) is 26.2 Å². The summed E-state index contributed by atoms with van der Waals surface area (Å²) in [5.41, 5.74) is 1.63. The molecule has 102 valence electrons. The van der Waals surface area contributed by atoms with Gasteiger partial charge in [-0.3, -0.25) is 0 Å². The van der Waals surface area contributed by atoms with Gasteiger partial charge in [0.2, 0.25) is 0 Å². The quantitative estimate of drug-likeness (QED) is 0.905. The third-order valence-corrected chi connectivity index (χ3v) is 3.86. The minimum Gasteiger partial charge on any atom is -0.443 e. The SMILES string of the molecule is CCNCc1ncoc1-c1ccc(S(C)(=O)=O)cc1. The molecule has 0 radical (unpaired) electrons. The molecule has 1 aromatic carbocycles. The lowest BCUT2D eigenvalue weighted by Crippen LogP contribution is -2.12. The van der Waals surface area contributed by atoms with Gasteiger partial charge in [-0.25, -0.2) is 13.4 Å². The van der Waals surface area contributed by atoms with Crippen molar-refractivity contribution in [3.05, 3.63) is 36.4 Å². The largest absolute Gasteiger partial charge is 0.443 e. The van der Waals surface area contributed by atoms with E-state index in [1.54, 1.807) is 24.3 Å². The molecule has 19 heavy (non-hydrogen) atoms. The Morgan fingerprint density at radius 2 is 1.95 bits per heavy atom. The fourth-order valence-electron chi connectivity index (χ4n) is 1.73. The first-order valence-corrected chi connectivity index (χ1v) is 7.85. The van der Waals surface area contributed by atoms with Gasteiger partial charge >= 0.3 is 0 Å². The predicted octanol–water partition coefficient (Wildman–Crippen LogP) is 1.85. The van der Waals surface area contributed by atoms with Crippen molar-refractivity contribution in [2.45, 2.75) is 18.4 Å². The molecule has 0 aliphatic rings. The Labute approximate surface area is 112 Å². The van der Waals surface area contributed by atoms with Crippen molar-refractivity contribution >= 4 is 9.84 Å². The van der Waals surface area contributed by atoms with Crippen LogP contribution in [0.25, 0.3) is 11.3 Å². The molecule has 1 heterocycles. The number of benzene rings is 1. The summed E-state index contributed by atoms with van der Waals surface area (Å²) in [6, 6.07) is 6.60. The Kier molecular flexibility index (Phi) is 4.01. The normalized spacial score (nSPS) is 11.7. The summed E-state index contributed by atoms with van der Waals surface area (Å²) in [5, 5.41) is 3.18. The topological polar surface area (TPSA) is 72.2 Å². The van der Waals surface area contributed by atoms with Crippen LogP contribution >= 0.6 is 0 Å². The van der Waals surface area contributed by atoms with Crippen molar-refractivity contribution in [2.24, 2.45) is 0 Å². The van der Waals surface area contributed by atoms with Gasteiger partial charge in [-0.1, -0.05) is 6.92 Å². The molecule has 2 aromatic rings. The minimum absolute atomic E-state index is 0.295. The van der Waals surface area contributed by atoms with E-state index in [1.165, 1.54) is 12.6 Å². The van der Waals surface area contributed by atoms with Crippen molar-refractivity contribution in [3.8, 4) is 11.3 Å². The first kappa shape index (κ1) is 13.8. The van der Waals surface area contributed by atoms with Crippen molar-refractivity contribution in [2.75, 3.05) is 12.8 Å². The Balaban J connectivity index is 2.30. The average molecular weight is 280 g/mol. The maximum Gasteiger partial charge on any atom is 0.181 e. The molecule has 0 atom stereocenters. The Morgan fingerprint density at radius 3 is 2.53 bits per heavy atom. The van der Waals surface area contributed by atoms with Crippen molar-refractivity contribution in [3.63, 3.8) is 0 Å². The van der Waals surface area contributed by atoms with Crippen LogP contribution in [0.15, 0.2) is 40.0 Å². The van der Waals surface area contributed by atoms with Crippen molar-refractivity contribution < 1.29 is 12.8 Å². The highest BCUT2D eigenvalue weighted by molar-refractivity contribution is 7.90. The summed E-state index contributed by atoms with van der Waals surface area (Å²) in [7, 11) is -3.17. The highest BCUT2D eigenvalue weighted by Gasteiger charge is 2.12. The molecule has 0 amide bonds. The smallest absolute Gasteiger partial charge is 0.181 e. The molecule has 6 heteroatoms. The second-order valence-electron chi connectivity index (χ2n) is 4.21. The average Bonchev–Trinajstić information content (AvgIpc) is 2.83.